The van der Waals surface area contributed by atoms with Crippen molar-refractivity contribution in [1.82, 2.24) is 5.32 Å². The summed E-state index contributed by atoms with van der Waals surface area (Å²) in [6.07, 6.45) is 78.9. The zero-order valence-corrected chi connectivity index (χ0v) is 50.9. The number of quaternary nitrogens is 1. The Morgan fingerprint density at radius 2 is 0.800 bits per heavy atom. The van der Waals surface area contributed by atoms with Gasteiger partial charge in [0, 0.05) is 6.42 Å². The molecule has 0 aromatic heterocycles. The van der Waals surface area contributed by atoms with Crippen molar-refractivity contribution in [3.8, 4) is 0 Å². The zero-order chi connectivity index (χ0) is 54.9. The number of aliphatic hydroxyl groups is 1. The molecule has 0 aliphatic rings. The van der Waals surface area contributed by atoms with Crippen molar-refractivity contribution in [2.75, 3.05) is 40.9 Å². The van der Waals surface area contributed by atoms with E-state index in [4.69, 9.17) is 9.05 Å². The number of unbranched alkanes of at least 4 members (excludes halogenated alkanes) is 35. The van der Waals surface area contributed by atoms with Crippen LogP contribution in [-0.2, 0) is 18.4 Å². The van der Waals surface area contributed by atoms with E-state index in [1.165, 1.54) is 180 Å². The van der Waals surface area contributed by atoms with E-state index in [2.05, 4.69) is 79.9 Å². The van der Waals surface area contributed by atoms with Gasteiger partial charge in [0.25, 0.3) is 0 Å². The highest BCUT2D eigenvalue weighted by atomic mass is 31.2. The number of rotatable bonds is 58. The number of nitrogens with zero attached hydrogens (tertiary/aromatic N) is 1. The average molecular weight is 1070 g/mol. The van der Waals surface area contributed by atoms with Gasteiger partial charge in [-0.25, -0.2) is 4.57 Å². The van der Waals surface area contributed by atoms with Crippen LogP contribution in [0, 0.1) is 0 Å². The lowest BCUT2D eigenvalue weighted by atomic mass is 10.0. The second-order valence-corrected chi connectivity index (χ2v) is 24.2. The molecule has 438 valence electrons. The van der Waals surface area contributed by atoms with Gasteiger partial charge >= 0.3 is 7.82 Å². The van der Waals surface area contributed by atoms with Crippen LogP contribution in [0.2, 0.25) is 0 Å². The molecule has 0 saturated carbocycles. The standard InChI is InChI=1S/C66H123N2O6P/c1-6-8-10-12-14-16-18-20-22-24-26-28-29-30-31-32-33-34-35-36-37-38-40-41-43-45-47-49-51-53-55-57-59-65(69)64(63-74-75(71,72)73-62-61-68(3,4)5)67-66(70)60-58-56-54-52-50-48-46-44-42-39-27-25-23-21-19-17-15-13-11-9-7-2/h9,11,15,17,21,23,27,39,44,46,57,59,64-65,69H,6-8,10,12-14,16,18-20,22,24-26,28-38,40-43,45,47-56,58,60-63H2,1-5H3,(H-,67,70,71,72)/p+1/b11-9-,17-15-,23-21-,39-27-,46-44-,59-57+. The van der Waals surface area contributed by atoms with Crippen LogP contribution in [0.25, 0.3) is 0 Å². The smallest absolute Gasteiger partial charge is 0.387 e. The van der Waals surface area contributed by atoms with Crippen molar-refractivity contribution in [2.45, 2.75) is 302 Å². The van der Waals surface area contributed by atoms with Gasteiger partial charge < -0.3 is 19.8 Å². The Kier molecular flexibility index (Phi) is 55.1. The van der Waals surface area contributed by atoms with Crippen LogP contribution in [0.4, 0.5) is 0 Å². The highest BCUT2D eigenvalue weighted by Crippen LogP contribution is 2.43. The van der Waals surface area contributed by atoms with Crippen molar-refractivity contribution >= 4 is 13.7 Å². The minimum absolute atomic E-state index is 0.0543. The lowest BCUT2D eigenvalue weighted by molar-refractivity contribution is -0.870. The molecule has 3 N–H and O–H groups in total. The lowest BCUT2D eigenvalue weighted by Crippen LogP contribution is -2.45. The van der Waals surface area contributed by atoms with Crippen molar-refractivity contribution in [1.29, 1.82) is 0 Å². The fourth-order valence-corrected chi connectivity index (χ4v) is 9.98. The number of nitrogens with one attached hydrogen (secondary N) is 1. The predicted octanol–water partition coefficient (Wildman–Crippen LogP) is 19.8. The lowest BCUT2D eigenvalue weighted by Gasteiger charge is -2.25. The highest BCUT2D eigenvalue weighted by Gasteiger charge is 2.27. The van der Waals surface area contributed by atoms with Gasteiger partial charge in [-0.15, -0.1) is 0 Å². The monoisotopic (exact) mass is 1070 g/mol. The maximum Gasteiger partial charge on any atom is 0.472 e. The summed E-state index contributed by atoms with van der Waals surface area (Å²) >= 11 is 0. The second kappa shape index (κ2) is 56.7. The fourth-order valence-electron chi connectivity index (χ4n) is 9.25. The SMILES string of the molecule is CC/C=C\C/C=C\C/C=C\C/C=C\C/C=C\CCCCCCCC(=O)NC(COP(=O)(O)OCC[N+](C)(C)C)C(O)/C=C/CCCCCCCCCCCCCCCCCCCCCCCCCCCCCCCC. The first-order valence-corrected chi connectivity index (χ1v) is 33.3. The van der Waals surface area contributed by atoms with E-state index >= 15 is 0 Å². The molecule has 0 aliphatic carbocycles. The van der Waals surface area contributed by atoms with Gasteiger partial charge in [0.15, 0.2) is 0 Å². The number of hydrogen-bond donors (Lipinski definition) is 3. The minimum atomic E-state index is -4.36. The van der Waals surface area contributed by atoms with Crippen LogP contribution in [0.1, 0.15) is 290 Å². The molecule has 0 spiro atoms. The molecule has 0 aromatic carbocycles. The Morgan fingerprint density at radius 1 is 0.467 bits per heavy atom. The topological polar surface area (TPSA) is 105 Å². The number of amides is 1. The van der Waals surface area contributed by atoms with Crippen LogP contribution >= 0.6 is 7.82 Å². The zero-order valence-electron chi connectivity index (χ0n) is 50.0. The number of carbonyl (C=O) groups excluding carboxylic acids is 1. The molecule has 1 amide bonds. The van der Waals surface area contributed by atoms with E-state index in [-0.39, 0.29) is 19.1 Å². The van der Waals surface area contributed by atoms with Crippen molar-refractivity contribution in [3.05, 3.63) is 72.9 Å². The van der Waals surface area contributed by atoms with E-state index in [0.717, 1.165) is 89.9 Å². The van der Waals surface area contributed by atoms with E-state index in [1.54, 1.807) is 6.08 Å². The molecular formula is C66H124N2O6P+. The molecule has 3 unspecified atom stereocenters. The minimum Gasteiger partial charge on any atom is -0.387 e. The maximum atomic E-state index is 13.0. The van der Waals surface area contributed by atoms with Crippen LogP contribution in [0.5, 0.6) is 0 Å². The van der Waals surface area contributed by atoms with Crippen molar-refractivity contribution < 1.29 is 32.9 Å². The van der Waals surface area contributed by atoms with Crippen LogP contribution < -0.4 is 5.32 Å². The Bertz CT molecular complexity index is 1450. The summed E-state index contributed by atoms with van der Waals surface area (Å²) in [6.45, 7) is 4.71. The van der Waals surface area contributed by atoms with Gasteiger partial charge in [-0.2, -0.15) is 0 Å². The van der Waals surface area contributed by atoms with E-state index in [9.17, 15) is 19.4 Å². The molecule has 8 nitrogen and oxygen atoms in total. The van der Waals surface area contributed by atoms with E-state index < -0.39 is 20.0 Å². The Labute approximate surface area is 465 Å². The normalized spacial score (nSPS) is 14.3. The second-order valence-electron chi connectivity index (χ2n) is 22.8. The molecule has 3 atom stereocenters. The molecule has 0 heterocycles. The van der Waals surface area contributed by atoms with Crippen molar-refractivity contribution in [2.24, 2.45) is 0 Å². The van der Waals surface area contributed by atoms with Crippen LogP contribution in [0.3, 0.4) is 0 Å². The number of aliphatic hydroxyl groups excluding tert-OH is 1. The molecule has 75 heavy (non-hydrogen) atoms. The first-order chi connectivity index (χ1) is 36.5. The summed E-state index contributed by atoms with van der Waals surface area (Å²) in [7, 11) is 1.56. The molecule has 0 saturated heterocycles. The van der Waals surface area contributed by atoms with Gasteiger partial charge in [0.05, 0.1) is 39.9 Å². The summed E-state index contributed by atoms with van der Waals surface area (Å²) in [5, 5.41) is 14.0. The van der Waals surface area contributed by atoms with E-state index in [1.807, 2.05) is 27.2 Å². The third-order valence-electron chi connectivity index (χ3n) is 14.2. The first kappa shape index (κ1) is 72.9. The molecule has 0 radical (unpaired) electrons. The molecule has 0 rings (SSSR count). The molecular weight excluding hydrogens is 948 g/mol. The van der Waals surface area contributed by atoms with Crippen molar-refractivity contribution in [3.63, 3.8) is 0 Å². The number of carbonyl (C=O) groups is 1. The number of likely N-dealkylation sites (N-methyl/N-ethyl adjacent to an activating group) is 1. The Hall–Kier alpha value is -2.06. The number of hydrogen-bond acceptors (Lipinski definition) is 5. The van der Waals surface area contributed by atoms with Crippen LogP contribution in [0.15, 0.2) is 72.9 Å². The summed E-state index contributed by atoms with van der Waals surface area (Å²) < 4.78 is 23.7. The van der Waals surface area contributed by atoms with Crippen LogP contribution in [-0.4, -0.2) is 73.4 Å². The number of phosphoric acid groups is 1. The summed E-state index contributed by atoms with van der Waals surface area (Å²) in [5.74, 6) is -0.195. The van der Waals surface area contributed by atoms with Gasteiger partial charge in [-0.3, -0.25) is 13.8 Å². The molecule has 0 aliphatic heterocycles. The Morgan fingerprint density at radius 3 is 1.17 bits per heavy atom. The van der Waals surface area contributed by atoms with Gasteiger partial charge in [-0.1, -0.05) is 292 Å². The fraction of sp³-hybridized carbons (Fsp3) is 0.803. The molecule has 9 heteroatoms. The number of allylic oxidation sites excluding steroid dienone is 11. The quantitative estimate of drug-likeness (QED) is 0.0243. The Balaban J connectivity index is 4.13. The van der Waals surface area contributed by atoms with Gasteiger partial charge in [0.2, 0.25) is 5.91 Å². The van der Waals surface area contributed by atoms with Gasteiger partial charge in [0.1, 0.15) is 13.2 Å². The summed E-state index contributed by atoms with van der Waals surface area (Å²) in [4.78, 5) is 23.3. The predicted molar refractivity (Wildman–Crippen MR) is 327 cm³/mol. The largest absolute Gasteiger partial charge is 0.472 e. The molecule has 0 bridgehead atoms. The molecule has 0 fully saturated rings. The highest BCUT2D eigenvalue weighted by molar-refractivity contribution is 7.47. The average Bonchev–Trinajstić information content (AvgIpc) is 3.37. The first-order valence-electron chi connectivity index (χ1n) is 31.8. The van der Waals surface area contributed by atoms with E-state index in [0.29, 0.717) is 17.4 Å². The third kappa shape index (κ3) is 59.4. The van der Waals surface area contributed by atoms with Gasteiger partial charge in [-0.05, 0) is 64.2 Å². The summed E-state index contributed by atoms with van der Waals surface area (Å²) in [5.41, 5.74) is 0. The number of phosphoric ester groups is 1. The maximum absolute atomic E-state index is 13.0. The summed E-state index contributed by atoms with van der Waals surface area (Å²) in [6, 6.07) is -0.863. The third-order valence-corrected chi connectivity index (χ3v) is 15.2. The molecule has 0 aromatic rings.